The molecular weight excluding hydrogens is 292 g/mol. The molecule has 1 rings (SSSR count). The summed E-state index contributed by atoms with van der Waals surface area (Å²) < 4.78 is 0. The van der Waals surface area contributed by atoms with Crippen molar-refractivity contribution in [2.75, 3.05) is 13.1 Å². The van der Waals surface area contributed by atoms with E-state index in [4.69, 9.17) is 0 Å². The molecule has 0 aromatic heterocycles. The van der Waals surface area contributed by atoms with Gasteiger partial charge in [0.2, 0.25) is 11.8 Å². The summed E-state index contributed by atoms with van der Waals surface area (Å²) in [5.74, 6) is 0.906. The number of likely N-dealkylation sites (tertiary alicyclic amines) is 1. The minimum absolute atomic E-state index is 0.0432. The first-order valence-electron chi connectivity index (χ1n) is 8.89. The molecule has 0 bridgehead atoms. The Morgan fingerprint density at radius 3 is 2.35 bits per heavy atom. The van der Waals surface area contributed by atoms with Crippen LogP contribution in [0, 0.1) is 11.8 Å². The minimum atomic E-state index is -0.433. The largest absolute Gasteiger partial charge is 0.346 e. The van der Waals surface area contributed by atoms with Gasteiger partial charge in [-0.15, -0.1) is 0 Å². The molecule has 23 heavy (non-hydrogen) atoms. The quantitative estimate of drug-likeness (QED) is 0.782. The molecule has 5 heteroatoms. The third-order valence-electron chi connectivity index (χ3n) is 4.23. The Labute approximate surface area is 140 Å². The van der Waals surface area contributed by atoms with Crippen LogP contribution in [0.4, 0.5) is 0 Å². The molecule has 0 aliphatic carbocycles. The van der Waals surface area contributed by atoms with Gasteiger partial charge < -0.3 is 10.2 Å². The van der Waals surface area contributed by atoms with Crippen LogP contribution in [-0.2, 0) is 14.4 Å². The van der Waals surface area contributed by atoms with Gasteiger partial charge in [0, 0.05) is 19.4 Å². The van der Waals surface area contributed by atoms with Crippen molar-refractivity contribution in [2.45, 2.75) is 72.3 Å². The van der Waals surface area contributed by atoms with E-state index < -0.39 is 6.04 Å². The topological polar surface area (TPSA) is 66.5 Å². The number of hydrogen-bond acceptors (Lipinski definition) is 3. The van der Waals surface area contributed by atoms with Crippen molar-refractivity contribution in [2.24, 2.45) is 11.8 Å². The summed E-state index contributed by atoms with van der Waals surface area (Å²) in [7, 11) is 0. The predicted molar refractivity (Wildman–Crippen MR) is 90.9 cm³/mol. The molecule has 2 amide bonds. The number of carbonyl (C=O) groups excluding carboxylic acids is 3. The second kappa shape index (κ2) is 9.68. The van der Waals surface area contributed by atoms with Crippen LogP contribution in [0.2, 0.25) is 0 Å². The Kier molecular flexibility index (Phi) is 8.28. The highest BCUT2D eigenvalue weighted by atomic mass is 16.2. The average molecular weight is 324 g/mol. The SMILES string of the molecule is CC(C)CCC(=O)NC1CCCN(C(=O)CCC(C)C)CC1=O. The van der Waals surface area contributed by atoms with Crippen molar-refractivity contribution in [3.63, 3.8) is 0 Å². The van der Waals surface area contributed by atoms with Gasteiger partial charge in [0.25, 0.3) is 0 Å². The highest BCUT2D eigenvalue weighted by Crippen LogP contribution is 2.13. The molecule has 1 aliphatic rings. The van der Waals surface area contributed by atoms with E-state index in [2.05, 4.69) is 33.0 Å². The van der Waals surface area contributed by atoms with Gasteiger partial charge in [-0.3, -0.25) is 14.4 Å². The number of carbonyl (C=O) groups is 3. The molecule has 1 atom stereocenters. The van der Waals surface area contributed by atoms with Gasteiger partial charge in [0.1, 0.15) is 0 Å². The molecule has 5 nitrogen and oxygen atoms in total. The van der Waals surface area contributed by atoms with E-state index >= 15 is 0 Å². The normalized spacial score (nSPS) is 19.1. The second-order valence-corrected chi connectivity index (χ2v) is 7.41. The smallest absolute Gasteiger partial charge is 0.222 e. The summed E-state index contributed by atoms with van der Waals surface area (Å²) >= 11 is 0. The Morgan fingerprint density at radius 2 is 1.74 bits per heavy atom. The van der Waals surface area contributed by atoms with E-state index in [0.29, 0.717) is 37.6 Å². The maximum atomic E-state index is 12.3. The van der Waals surface area contributed by atoms with Gasteiger partial charge >= 0.3 is 0 Å². The molecule has 1 saturated heterocycles. The van der Waals surface area contributed by atoms with Crippen molar-refractivity contribution in [1.29, 1.82) is 0 Å². The molecule has 0 aromatic carbocycles. The average Bonchev–Trinajstić information content (AvgIpc) is 2.65. The van der Waals surface area contributed by atoms with Gasteiger partial charge in [-0.2, -0.15) is 0 Å². The Bertz CT molecular complexity index is 418. The van der Waals surface area contributed by atoms with Crippen molar-refractivity contribution in [3.8, 4) is 0 Å². The molecule has 1 unspecified atom stereocenters. The fraction of sp³-hybridized carbons (Fsp3) is 0.833. The molecular formula is C18H32N2O3. The van der Waals surface area contributed by atoms with Crippen LogP contribution >= 0.6 is 0 Å². The monoisotopic (exact) mass is 324 g/mol. The number of nitrogens with one attached hydrogen (secondary N) is 1. The van der Waals surface area contributed by atoms with Gasteiger partial charge in [0.05, 0.1) is 12.6 Å². The minimum Gasteiger partial charge on any atom is -0.346 e. The van der Waals surface area contributed by atoms with Crippen molar-refractivity contribution in [1.82, 2.24) is 10.2 Å². The molecule has 0 saturated carbocycles. The molecule has 1 heterocycles. The molecule has 0 aromatic rings. The van der Waals surface area contributed by atoms with E-state index in [1.165, 1.54) is 0 Å². The van der Waals surface area contributed by atoms with E-state index in [9.17, 15) is 14.4 Å². The van der Waals surface area contributed by atoms with Gasteiger partial charge in [-0.1, -0.05) is 27.7 Å². The summed E-state index contributed by atoms with van der Waals surface area (Å²) in [5, 5.41) is 2.85. The second-order valence-electron chi connectivity index (χ2n) is 7.41. The zero-order valence-corrected chi connectivity index (χ0v) is 15.1. The molecule has 1 N–H and O–H groups in total. The van der Waals surface area contributed by atoms with Gasteiger partial charge in [-0.05, 0) is 37.5 Å². The number of rotatable bonds is 7. The van der Waals surface area contributed by atoms with Crippen LogP contribution < -0.4 is 5.32 Å². The van der Waals surface area contributed by atoms with Crippen LogP contribution in [-0.4, -0.2) is 41.6 Å². The first-order chi connectivity index (χ1) is 10.8. The lowest BCUT2D eigenvalue weighted by molar-refractivity contribution is -0.135. The molecule has 132 valence electrons. The molecule has 1 fully saturated rings. The fourth-order valence-electron chi connectivity index (χ4n) is 2.65. The summed E-state index contributed by atoms with van der Waals surface area (Å²) in [4.78, 5) is 38.1. The first-order valence-corrected chi connectivity index (χ1v) is 8.89. The van der Waals surface area contributed by atoms with E-state index in [1.807, 2.05) is 0 Å². The number of nitrogens with zero attached hydrogens (tertiary/aromatic N) is 1. The highest BCUT2D eigenvalue weighted by molar-refractivity contribution is 5.93. The summed E-state index contributed by atoms with van der Waals surface area (Å²) in [6.07, 6.45) is 4.01. The molecule has 1 aliphatic heterocycles. The van der Waals surface area contributed by atoms with E-state index in [1.54, 1.807) is 4.90 Å². The third-order valence-corrected chi connectivity index (χ3v) is 4.23. The summed E-state index contributed by atoms with van der Waals surface area (Å²) in [6.45, 7) is 9.07. The van der Waals surface area contributed by atoms with E-state index in [-0.39, 0.29) is 24.1 Å². The maximum absolute atomic E-state index is 12.3. The van der Waals surface area contributed by atoms with Crippen LogP contribution in [0.15, 0.2) is 0 Å². The van der Waals surface area contributed by atoms with Gasteiger partial charge in [-0.25, -0.2) is 0 Å². The predicted octanol–water partition coefficient (Wildman–Crippen LogP) is 2.54. The lowest BCUT2D eigenvalue weighted by atomic mass is 10.1. The van der Waals surface area contributed by atoms with Crippen molar-refractivity contribution < 1.29 is 14.4 Å². The van der Waals surface area contributed by atoms with Crippen LogP contribution in [0.25, 0.3) is 0 Å². The lowest BCUT2D eigenvalue weighted by Crippen LogP contribution is -2.44. The Balaban J connectivity index is 2.48. The zero-order valence-electron chi connectivity index (χ0n) is 15.1. The molecule has 0 radical (unpaired) electrons. The van der Waals surface area contributed by atoms with Crippen LogP contribution in [0.3, 0.4) is 0 Å². The zero-order chi connectivity index (χ0) is 17.4. The van der Waals surface area contributed by atoms with E-state index in [0.717, 1.165) is 19.3 Å². The fourth-order valence-corrected chi connectivity index (χ4v) is 2.65. The Hall–Kier alpha value is -1.39. The van der Waals surface area contributed by atoms with Crippen molar-refractivity contribution >= 4 is 17.6 Å². The number of amides is 2. The first kappa shape index (κ1) is 19.7. The summed E-state index contributed by atoms with van der Waals surface area (Å²) in [5.41, 5.74) is 0. The standard InChI is InChI=1S/C18H32N2O3/c1-13(2)7-9-17(22)19-15-6-5-11-20(12-16(15)21)18(23)10-8-14(3)4/h13-15H,5-12H2,1-4H3,(H,19,22). The summed E-state index contributed by atoms with van der Waals surface area (Å²) in [6, 6.07) is -0.433. The van der Waals surface area contributed by atoms with Crippen LogP contribution in [0.5, 0.6) is 0 Å². The maximum Gasteiger partial charge on any atom is 0.222 e. The number of Topliss-reactive ketones (excluding diaryl/α,β-unsaturated/α-hetero) is 1. The Morgan fingerprint density at radius 1 is 1.13 bits per heavy atom. The third kappa shape index (κ3) is 7.62. The van der Waals surface area contributed by atoms with Gasteiger partial charge in [0.15, 0.2) is 5.78 Å². The highest BCUT2D eigenvalue weighted by Gasteiger charge is 2.28. The van der Waals surface area contributed by atoms with Crippen LogP contribution in [0.1, 0.15) is 66.2 Å². The number of hydrogen-bond donors (Lipinski definition) is 1. The molecule has 0 spiro atoms. The van der Waals surface area contributed by atoms with Crippen molar-refractivity contribution in [3.05, 3.63) is 0 Å². The number of ketones is 1. The lowest BCUT2D eigenvalue weighted by Gasteiger charge is -2.20.